The standard InChI is InChI=1S/C18H24N6O3/c1-3-4-9-19-16(26)17(27)21-14-10-11(2)23-24(14)18-20-13-8-6-5-7-12(13)15(25)22-18/h10H,3-9H2,1-2H3,(H,19,26)(H,21,27)(H,20,22,25). The third-order valence-electron chi connectivity index (χ3n) is 4.47. The molecule has 1 aliphatic carbocycles. The lowest BCUT2D eigenvalue weighted by Gasteiger charge is -2.15. The molecule has 0 saturated heterocycles. The Morgan fingerprint density at radius 3 is 2.81 bits per heavy atom. The van der Waals surface area contributed by atoms with Crippen LogP contribution in [0.3, 0.4) is 0 Å². The number of H-pyrrole nitrogens is 1. The minimum absolute atomic E-state index is 0.183. The predicted molar refractivity (Wildman–Crippen MR) is 99.9 cm³/mol. The number of amides is 2. The van der Waals surface area contributed by atoms with Crippen LogP contribution in [0, 0.1) is 6.92 Å². The van der Waals surface area contributed by atoms with Crippen LogP contribution < -0.4 is 16.2 Å². The fourth-order valence-corrected chi connectivity index (χ4v) is 3.07. The number of fused-ring (bicyclic) bond motifs is 1. The highest BCUT2D eigenvalue weighted by Crippen LogP contribution is 2.19. The fraction of sp³-hybridized carbons (Fsp3) is 0.500. The van der Waals surface area contributed by atoms with Crippen LogP contribution >= 0.6 is 0 Å². The van der Waals surface area contributed by atoms with Gasteiger partial charge in [-0.05, 0) is 39.0 Å². The molecular formula is C18H24N6O3. The van der Waals surface area contributed by atoms with E-state index in [1.165, 1.54) is 4.68 Å². The molecule has 3 N–H and O–H groups in total. The van der Waals surface area contributed by atoms with Crippen molar-refractivity contribution in [1.29, 1.82) is 0 Å². The zero-order valence-electron chi connectivity index (χ0n) is 15.6. The quantitative estimate of drug-likeness (QED) is 0.534. The number of aryl methyl sites for hydroxylation is 2. The van der Waals surface area contributed by atoms with E-state index in [0.29, 0.717) is 12.2 Å². The van der Waals surface area contributed by atoms with Crippen LogP contribution in [-0.2, 0) is 22.4 Å². The van der Waals surface area contributed by atoms with E-state index in [2.05, 4.69) is 25.7 Å². The van der Waals surface area contributed by atoms with Crippen LogP contribution in [0.1, 0.15) is 49.6 Å². The van der Waals surface area contributed by atoms with Crippen LogP contribution in [0.25, 0.3) is 5.95 Å². The Balaban J connectivity index is 1.84. The molecule has 0 unspecified atom stereocenters. The van der Waals surface area contributed by atoms with Crippen molar-refractivity contribution in [3.8, 4) is 5.95 Å². The molecule has 0 atom stereocenters. The van der Waals surface area contributed by atoms with Crippen molar-refractivity contribution in [2.45, 2.75) is 52.4 Å². The molecule has 9 nitrogen and oxygen atoms in total. The Morgan fingerprint density at radius 2 is 2.04 bits per heavy atom. The summed E-state index contributed by atoms with van der Waals surface area (Å²) >= 11 is 0. The van der Waals surface area contributed by atoms with Gasteiger partial charge in [-0.25, -0.2) is 4.98 Å². The van der Waals surface area contributed by atoms with Crippen LogP contribution in [0.5, 0.6) is 0 Å². The molecule has 2 aromatic rings. The maximum absolute atomic E-state index is 12.4. The van der Waals surface area contributed by atoms with Crippen molar-refractivity contribution in [1.82, 2.24) is 25.1 Å². The molecule has 144 valence electrons. The maximum Gasteiger partial charge on any atom is 0.314 e. The van der Waals surface area contributed by atoms with E-state index in [0.717, 1.165) is 49.8 Å². The predicted octanol–water partition coefficient (Wildman–Crippen LogP) is 0.998. The van der Waals surface area contributed by atoms with E-state index in [4.69, 9.17) is 0 Å². The zero-order valence-corrected chi connectivity index (χ0v) is 15.6. The number of aromatic nitrogens is 4. The number of rotatable bonds is 5. The van der Waals surface area contributed by atoms with Gasteiger partial charge in [-0.1, -0.05) is 13.3 Å². The molecule has 1 aliphatic rings. The molecule has 0 aromatic carbocycles. The Labute approximate surface area is 156 Å². The highest BCUT2D eigenvalue weighted by atomic mass is 16.2. The Bertz CT molecular complexity index is 914. The number of carbonyl (C=O) groups excluding carboxylic acids is 2. The second-order valence-corrected chi connectivity index (χ2v) is 6.67. The average molecular weight is 372 g/mol. The number of nitrogens with one attached hydrogen (secondary N) is 3. The van der Waals surface area contributed by atoms with Crippen LogP contribution in [0.4, 0.5) is 5.82 Å². The van der Waals surface area contributed by atoms with E-state index in [-0.39, 0.29) is 17.3 Å². The molecule has 27 heavy (non-hydrogen) atoms. The van der Waals surface area contributed by atoms with Crippen molar-refractivity contribution in [2.75, 3.05) is 11.9 Å². The lowest BCUT2D eigenvalue weighted by atomic mass is 9.97. The lowest BCUT2D eigenvalue weighted by Crippen LogP contribution is -2.36. The maximum atomic E-state index is 12.4. The SMILES string of the molecule is CCCCNC(=O)C(=O)Nc1cc(C)nn1-c1nc2c(c(=O)[nH]1)CCCC2. The van der Waals surface area contributed by atoms with Gasteiger partial charge in [0, 0.05) is 18.2 Å². The van der Waals surface area contributed by atoms with Gasteiger partial charge in [0.2, 0.25) is 5.95 Å². The van der Waals surface area contributed by atoms with Crippen LogP contribution in [0.2, 0.25) is 0 Å². The van der Waals surface area contributed by atoms with Gasteiger partial charge in [0.05, 0.1) is 11.4 Å². The first kappa shape index (κ1) is 18.8. The Hall–Kier alpha value is -2.97. The van der Waals surface area contributed by atoms with Gasteiger partial charge in [-0.15, -0.1) is 0 Å². The molecule has 3 rings (SSSR count). The summed E-state index contributed by atoms with van der Waals surface area (Å²) in [5.41, 5.74) is 1.92. The van der Waals surface area contributed by atoms with E-state index in [9.17, 15) is 14.4 Å². The highest BCUT2D eigenvalue weighted by molar-refractivity contribution is 6.39. The van der Waals surface area contributed by atoms with E-state index in [1.54, 1.807) is 13.0 Å². The second-order valence-electron chi connectivity index (χ2n) is 6.67. The number of unbranched alkanes of at least 4 members (excludes halogenated alkanes) is 1. The Morgan fingerprint density at radius 1 is 1.26 bits per heavy atom. The van der Waals surface area contributed by atoms with Gasteiger partial charge in [-0.3, -0.25) is 19.4 Å². The minimum Gasteiger partial charge on any atom is -0.348 e. The number of hydrogen-bond acceptors (Lipinski definition) is 5. The summed E-state index contributed by atoms with van der Waals surface area (Å²) in [6.07, 6.45) is 5.15. The van der Waals surface area contributed by atoms with Gasteiger partial charge in [0.1, 0.15) is 5.82 Å². The number of carbonyl (C=O) groups is 2. The zero-order chi connectivity index (χ0) is 19.4. The molecule has 9 heteroatoms. The summed E-state index contributed by atoms with van der Waals surface area (Å²) in [6, 6.07) is 1.62. The second kappa shape index (κ2) is 8.15. The molecule has 2 amide bonds. The monoisotopic (exact) mass is 372 g/mol. The topological polar surface area (TPSA) is 122 Å². The summed E-state index contributed by atoms with van der Waals surface area (Å²) in [7, 11) is 0. The van der Waals surface area contributed by atoms with E-state index < -0.39 is 11.8 Å². The largest absolute Gasteiger partial charge is 0.348 e. The van der Waals surface area contributed by atoms with Crippen molar-refractivity contribution >= 4 is 17.6 Å². The third-order valence-corrected chi connectivity index (χ3v) is 4.47. The number of nitrogens with zero attached hydrogens (tertiary/aromatic N) is 3. The summed E-state index contributed by atoms with van der Waals surface area (Å²) in [5, 5.41) is 9.41. The summed E-state index contributed by atoms with van der Waals surface area (Å²) in [4.78, 5) is 43.7. The highest BCUT2D eigenvalue weighted by Gasteiger charge is 2.20. The molecule has 0 saturated carbocycles. The molecule has 0 radical (unpaired) electrons. The van der Waals surface area contributed by atoms with E-state index in [1.807, 2.05) is 6.92 Å². The Kier molecular flexibility index (Phi) is 5.68. The first-order chi connectivity index (χ1) is 13.0. The van der Waals surface area contributed by atoms with Crippen LogP contribution in [-0.4, -0.2) is 38.1 Å². The molecule has 0 fully saturated rings. The van der Waals surface area contributed by atoms with Crippen LogP contribution in [0.15, 0.2) is 10.9 Å². The normalized spacial score (nSPS) is 13.1. The number of hydrogen-bond donors (Lipinski definition) is 3. The average Bonchev–Trinajstić information content (AvgIpc) is 3.02. The lowest BCUT2D eigenvalue weighted by molar-refractivity contribution is -0.136. The van der Waals surface area contributed by atoms with Gasteiger partial charge < -0.3 is 10.6 Å². The van der Waals surface area contributed by atoms with Crippen molar-refractivity contribution in [2.24, 2.45) is 0 Å². The first-order valence-corrected chi connectivity index (χ1v) is 9.28. The van der Waals surface area contributed by atoms with Crippen molar-refractivity contribution in [3.63, 3.8) is 0 Å². The summed E-state index contributed by atoms with van der Waals surface area (Å²) in [5.74, 6) is -0.981. The fourth-order valence-electron chi connectivity index (χ4n) is 3.07. The number of anilines is 1. The van der Waals surface area contributed by atoms with Crippen molar-refractivity contribution in [3.05, 3.63) is 33.4 Å². The third kappa shape index (κ3) is 4.24. The van der Waals surface area contributed by atoms with Gasteiger partial charge in [-0.2, -0.15) is 9.78 Å². The molecule has 0 aliphatic heterocycles. The summed E-state index contributed by atoms with van der Waals surface area (Å²) in [6.45, 7) is 4.20. The first-order valence-electron chi connectivity index (χ1n) is 9.28. The molecule has 2 aromatic heterocycles. The van der Waals surface area contributed by atoms with E-state index >= 15 is 0 Å². The molecule has 0 spiro atoms. The van der Waals surface area contributed by atoms with Gasteiger partial charge in [0.15, 0.2) is 0 Å². The van der Waals surface area contributed by atoms with Crippen molar-refractivity contribution < 1.29 is 9.59 Å². The van der Waals surface area contributed by atoms with Gasteiger partial charge >= 0.3 is 11.8 Å². The molecule has 2 heterocycles. The molecule has 0 bridgehead atoms. The summed E-state index contributed by atoms with van der Waals surface area (Å²) < 4.78 is 1.35. The minimum atomic E-state index is -0.785. The number of aromatic amines is 1. The van der Waals surface area contributed by atoms with Gasteiger partial charge in [0.25, 0.3) is 5.56 Å². The molecular weight excluding hydrogens is 348 g/mol. The smallest absolute Gasteiger partial charge is 0.314 e.